The maximum Gasteiger partial charge on any atom is 0.205 e. The first-order valence-electron chi connectivity index (χ1n) is 5.58. The predicted octanol–water partition coefficient (Wildman–Crippen LogP) is -0.602. The first-order chi connectivity index (χ1) is 8.36. The Morgan fingerprint density at radius 3 is 3.18 bits per heavy atom. The Bertz CT molecular complexity index is 311. The molecular weight excluding hydrogens is 220 g/mol. The van der Waals surface area contributed by atoms with Gasteiger partial charge in [-0.05, 0) is 6.42 Å². The number of rotatable bonds is 7. The molecule has 0 aliphatic carbocycles. The SMILES string of the molecule is COCCCN=C(NN)NCCc1cnc[nH]1. The molecule has 0 fully saturated rings. The van der Waals surface area contributed by atoms with Crippen molar-refractivity contribution >= 4 is 5.96 Å². The minimum atomic E-state index is 0.598. The molecule has 1 heterocycles. The van der Waals surface area contributed by atoms with Gasteiger partial charge in [0.2, 0.25) is 5.96 Å². The monoisotopic (exact) mass is 240 g/mol. The summed E-state index contributed by atoms with van der Waals surface area (Å²) in [6.07, 6.45) is 5.19. The lowest BCUT2D eigenvalue weighted by Gasteiger charge is -2.08. The molecule has 0 radical (unpaired) electrons. The van der Waals surface area contributed by atoms with Gasteiger partial charge in [0.15, 0.2) is 0 Å². The Balaban J connectivity index is 2.17. The Hall–Kier alpha value is -1.60. The van der Waals surface area contributed by atoms with Crippen LogP contribution in [0.15, 0.2) is 17.5 Å². The molecule has 0 aliphatic heterocycles. The second-order valence-electron chi connectivity index (χ2n) is 3.47. The zero-order valence-corrected chi connectivity index (χ0v) is 10.1. The van der Waals surface area contributed by atoms with Crippen molar-refractivity contribution in [1.29, 1.82) is 0 Å². The lowest BCUT2D eigenvalue weighted by molar-refractivity contribution is 0.197. The van der Waals surface area contributed by atoms with Gasteiger partial charge in [0.05, 0.1) is 6.33 Å². The highest BCUT2D eigenvalue weighted by atomic mass is 16.5. The van der Waals surface area contributed by atoms with Gasteiger partial charge in [-0.15, -0.1) is 0 Å². The summed E-state index contributed by atoms with van der Waals surface area (Å²) >= 11 is 0. The van der Waals surface area contributed by atoms with E-state index in [9.17, 15) is 0 Å². The average Bonchev–Trinajstić information content (AvgIpc) is 2.85. The zero-order valence-electron chi connectivity index (χ0n) is 10.1. The van der Waals surface area contributed by atoms with Crippen LogP contribution >= 0.6 is 0 Å². The van der Waals surface area contributed by atoms with Crippen LogP contribution < -0.4 is 16.6 Å². The third-order valence-corrected chi connectivity index (χ3v) is 2.15. The molecular formula is C10H20N6O. The van der Waals surface area contributed by atoms with Crippen LogP contribution in [0.25, 0.3) is 0 Å². The summed E-state index contributed by atoms with van der Waals surface area (Å²) in [5, 5.41) is 3.11. The standard InChI is InChI=1S/C10H20N6O/c1-17-6-2-4-13-10(16-11)14-5-3-9-7-12-8-15-9/h7-8H,2-6,11H2,1H3,(H,12,15)(H2,13,14,16). The second kappa shape index (κ2) is 8.54. The topological polar surface area (TPSA) is 100 Å². The molecule has 96 valence electrons. The normalized spacial score (nSPS) is 11.5. The van der Waals surface area contributed by atoms with Crippen LogP contribution in [0, 0.1) is 0 Å². The van der Waals surface area contributed by atoms with E-state index in [0.29, 0.717) is 19.1 Å². The summed E-state index contributed by atoms with van der Waals surface area (Å²) in [5.41, 5.74) is 3.61. The Morgan fingerprint density at radius 1 is 1.65 bits per heavy atom. The highest BCUT2D eigenvalue weighted by Crippen LogP contribution is 1.90. The minimum Gasteiger partial charge on any atom is -0.385 e. The first kappa shape index (κ1) is 13.5. The van der Waals surface area contributed by atoms with E-state index in [0.717, 1.165) is 25.1 Å². The Morgan fingerprint density at radius 2 is 2.53 bits per heavy atom. The maximum absolute atomic E-state index is 5.35. The van der Waals surface area contributed by atoms with E-state index in [1.807, 2.05) is 0 Å². The minimum absolute atomic E-state index is 0.598. The molecule has 5 N–H and O–H groups in total. The number of guanidine groups is 1. The maximum atomic E-state index is 5.35. The highest BCUT2D eigenvalue weighted by Gasteiger charge is 1.97. The van der Waals surface area contributed by atoms with E-state index < -0.39 is 0 Å². The lowest BCUT2D eigenvalue weighted by Crippen LogP contribution is -2.42. The number of nitrogens with zero attached hydrogens (tertiary/aromatic N) is 2. The van der Waals surface area contributed by atoms with Crippen molar-refractivity contribution in [3.05, 3.63) is 18.2 Å². The molecule has 0 aliphatic rings. The smallest absolute Gasteiger partial charge is 0.205 e. The molecule has 0 atom stereocenters. The van der Waals surface area contributed by atoms with Crippen LogP contribution in [0.3, 0.4) is 0 Å². The van der Waals surface area contributed by atoms with Crippen LogP contribution in [0.4, 0.5) is 0 Å². The number of methoxy groups -OCH3 is 1. The van der Waals surface area contributed by atoms with Crippen LogP contribution in [0.2, 0.25) is 0 Å². The number of hydrazine groups is 1. The molecule has 1 aromatic heterocycles. The number of ether oxygens (including phenoxy) is 1. The molecule has 1 rings (SSSR count). The summed E-state index contributed by atoms with van der Waals surface area (Å²) in [6.45, 7) is 2.13. The number of nitrogens with two attached hydrogens (primary N) is 1. The number of nitrogens with one attached hydrogen (secondary N) is 3. The summed E-state index contributed by atoms with van der Waals surface area (Å²) in [6, 6.07) is 0. The van der Waals surface area contributed by atoms with Gasteiger partial charge in [-0.1, -0.05) is 0 Å². The zero-order chi connectivity index (χ0) is 12.3. The molecule has 0 amide bonds. The van der Waals surface area contributed by atoms with E-state index in [2.05, 4.69) is 25.7 Å². The fraction of sp³-hybridized carbons (Fsp3) is 0.600. The number of aromatic nitrogens is 2. The molecule has 17 heavy (non-hydrogen) atoms. The van der Waals surface area contributed by atoms with Gasteiger partial charge in [-0.3, -0.25) is 10.4 Å². The van der Waals surface area contributed by atoms with E-state index >= 15 is 0 Å². The van der Waals surface area contributed by atoms with Crippen molar-refractivity contribution in [1.82, 2.24) is 20.7 Å². The van der Waals surface area contributed by atoms with Crippen molar-refractivity contribution < 1.29 is 4.74 Å². The fourth-order valence-electron chi connectivity index (χ4n) is 1.29. The van der Waals surface area contributed by atoms with Crippen LogP contribution in [-0.4, -0.2) is 42.7 Å². The van der Waals surface area contributed by atoms with Gasteiger partial charge in [0, 0.05) is 45.1 Å². The fourth-order valence-corrected chi connectivity index (χ4v) is 1.29. The molecule has 0 saturated carbocycles. The van der Waals surface area contributed by atoms with E-state index in [1.165, 1.54) is 0 Å². The number of H-pyrrole nitrogens is 1. The molecule has 0 saturated heterocycles. The van der Waals surface area contributed by atoms with Crippen molar-refractivity contribution in [2.45, 2.75) is 12.8 Å². The van der Waals surface area contributed by atoms with Gasteiger partial charge in [0.1, 0.15) is 0 Å². The van der Waals surface area contributed by atoms with Gasteiger partial charge < -0.3 is 15.0 Å². The van der Waals surface area contributed by atoms with Gasteiger partial charge >= 0.3 is 0 Å². The third kappa shape index (κ3) is 5.88. The number of imidazole rings is 1. The molecule has 0 unspecified atom stereocenters. The van der Waals surface area contributed by atoms with Gasteiger partial charge in [-0.25, -0.2) is 10.8 Å². The second-order valence-corrected chi connectivity index (χ2v) is 3.47. The van der Waals surface area contributed by atoms with Crippen LogP contribution in [0.5, 0.6) is 0 Å². The van der Waals surface area contributed by atoms with Crippen molar-refractivity contribution in [2.24, 2.45) is 10.8 Å². The summed E-state index contributed by atoms with van der Waals surface area (Å²) < 4.78 is 4.93. The lowest BCUT2D eigenvalue weighted by atomic mass is 10.3. The van der Waals surface area contributed by atoms with Gasteiger partial charge in [0.25, 0.3) is 0 Å². The Labute approximate surface area is 101 Å². The number of hydrogen-bond donors (Lipinski definition) is 4. The largest absolute Gasteiger partial charge is 0.385 e. The first-order valence-corrected chi connectivity index (χ1v) is 5.58. The number of aromatic amines is 1. The Kier molecular flexibility index (Phi) is 6.76. The third-order valence-electron chi connectivity index (χ3n) is 2.15. The molecule has 0 aromatic carbocycles. The van der Waals surface area contributed by atoms with Crippen molar-refractivity contribution in [3.63, 3.8) is 0 Å². The van der Waals surface area contributed by atoms with Crippen molar-refractivity contribution in [3.8, 4) is 0 Å². The molecule has 0 spiro atoms. The quantitative estimate of drug-likeness (QED) is 0.168. The van der Waals surface area contributed by atoms with Crippen molar-refractivity contribution in [2.75, 3.05) is 26.8 Å². The number of hydrogen-bond acceptors (Lipinski definition) is 4. The van der Waals surface area contributed by atoms with Gasteiger partial charge in [-0.2, -0.15) is 0 Å². The summed E-state index contributed by atoms with van der Waals surface area (Å²) in [7, 11) is 1.68. The molecule has 0 bridgehead atoms. The summed E-state index contributed by atoms with van der Waals surface area (Å²) in [4.78, 5) is 11.2. The van der Waals surface area contributed by atoms with E-state index in [4.69, 9.17) is 10.6 Å². The van der Waals surface area contributed by atoms with E-state index in [1.54, 1.807) is 19.6 Å². The molecule has 1 aromatic rings. The predicted molar refractivity (Wildman–Crippen MR) is 66.4 cm³/mol. The number of aliphatic imine (C=N–C) groups is 1. The average molecular weight is 240 g/mol. The van der Waals surface area contributed by atoms with Crippen LogP contribution in [0.1, 0.15) is 12.1 Å². The molecule has 7 heteroatoms. The highest BCUT2D eigenvalue weighted by molar-refractivity contribution is 5.79. The molecule has 7 nitrogen and oxygen atoms in total. The van der Waals surface area contributed by atoms with E-state index in [-0.39, 0.29) is 0 Å². The summed E-state index contributed by atoms with van der Waals surface area (Å²) in [5.74, 6) is 5.95. The van der Waals surface area contributed by atoms with Crippen LogP contribution in [-0.2, 0) is 11.2 Å².